The van der Waals surface area contributed by atoms with Gasteiger partial charge in [0.05, 0.1) is 32.8 Å². The molecule has 1 rings (SSSR count). The Bertz CT molecular complexity index is 428. The van der Waals surface area contributed by atoms with E-state index in [9.17, 15) is 9.90 Å². The van der Waals surface area contributed by atoms with Crippen LogP contribution in [-0.4, -0.2) is 32.4 Å². The molecule has 0 saturated heterocycles. The highest BCUT2D eigenvalue weighted by atomic mass is 16.5. The maximum absolute atomic E-state index is 11.5. The molecule has 1 atom stereocenters. The number of rotatable bonds is 6. The average molecular weight is 268 g/mol. The van der Waals surface area contributed by atoms with E-state index in [0.717, 1.165) is 0 Å². The van der Waals surface area contributed by atoms with Crippen LogP contribution in [0.15, 0.2) is 12.1 Å². The molecular formula is C14H20O5. The molecule has 0 aliphatic carbocycles. The Morgan fingerprint density at radius 1 is 1.05 bits per heavy atom. The molecule has 0 radical (unpaired) electrons. The molecule has 0 heterocycles. The Kier molecular flexibility index (Phi) is 5.03. The number of methoxy groups -OCH3 is 3. The second-order valence-electron chi connectivity index (χ2n) is 4.51. The van der Waals surface area contributed by atoms with E-state index in [4.69, 9.17) is 14.2 Å². The summed E-state index contributed by atoms with van der Waals surface area (Å²) in [4.78, 5) is 11.5. The molecule has 0 aliphatic heterocycles. The standard InChI is InChI=1S/C14H20O5/c1-8(2)12(14(15)16)13-10(18-4)6-9(17-3)7-11(13)19-5/h6-8,12H,1-5H3,(H,15,16). The summed E-state index contributed by atoms with van der Waals surface area (Å²) in [7, 11) is 4.53. The average Bonchev–Trinajstić information content (AvgIpc) is 2.37. The SMILES string of the molecule is COc1cc(OC)c(C(C(=O)O)C(C)C)c(OC)c1. The minimum atomic E-state index is -0.906. The third kappa shape index (κ3) is 3.10. The van der Waals surface area contributed by atoms with Gasteiger partial charge in [0.1, 0.15) is 17.2 Å². The lowest BCUT2D eigenvalue weighted by Gasteiger charge is -2.22. The summed E-state index contributed by atoms with van der Waals surface area (Å²) in [5.41, 5.74) is 0.535. The van der Waals surface area contributed by atoms with E-state index in [1.54, 1.807) is 12.1 Å². The van der Waals surface area contributed by atoms with Gasteiger partial charge in [0.15, 0.2) is 0 Å². The fourth-order valence-electron chi connectivity index (χ4n) is 2.08. The van der Waals surface area contributed by atoms with E-state index in [1.807, 2.05) is 13.8 Å². The summed E-state index contributed by atoms with van der Waals surface area (Å²) in [5, 5.41) is 9.42. The minimum Gasteiger partial charge on any atom is -0.496 e. The quantitative estimate of drug-likeness (QED) is 0.858. The van der Waals surface area contributed by atoms with Crippen molar-refractivity contribution < 1.29 is 24.1 Å². The number of aliphatic carboxylic acids is 1. The van der Waals surface area contributed by atoms with Crippen molar-refractivity contribution in [2.45, 2.75) is 19.8 Å². The van der Waals surface area contributed by atoms with Crippen molar-refractivity contribution in [1.82, 2.24) is 0 Å². The van der Waals surface area contributed by atoms with Crippen molar-refractivity contribution in [2.75, 3.05) is 21.3 Å². The normalized spacial score (nSPS) is 12.1. The predicted octanol–water partition coefficient (Wildman–Crippen LogP) is 2.54. The Morgan fingerprint density at radius 3 is 1.79 bits per heavy atom. The number of hydrogen-bond donors (Lipinski definition) is 1. The number of benzene rings is 1. The van der Waals surface area contributed by atoms with Gasteiger partial charge in [-0.25, -0.2) is 0 Å². The minimum absolute atomic E-state index is 0.0892. The zero-order valence-corrected chi connectivity index (χ0v) is 11.9. The largest absolute Gasteiger partial charge is 0.496 e. The molecule has 0 bridgehead atoms. The fourth-order valence-corrected chi connectivity index (χ4v) is 2.08. The molecule has 1 unspecified atom stereocenters. The van der Waals surface area contributed by atoms with Gasteiger partial charge in [-0.3, -0.25) is 4.79 Å². The number of carboxylic acid groups (broad SMARTS) is 1. The molecule has 106 valence electrons. The van der Waals surface area contributed by atoms with E-state index in [2.05, 4.69) is 0 Å². The summed E-state index contributed by atoms with van der Waals surface area (Å²) < 4.78 is 15.7. The van der Waals surface area contributed by atoms with Crippen LogP contribution in [0.25, 0.3) is 0 Å². The first-order valence-electron chi connectivity index (χ1n) is 5.98. The molecule has 1 N–H and O–H groups in total. The second-order valence-corrected chi connectivity index (χ2v) is 4.51. The van der Waals surface area contributed by atoms with Gasteiger partial charge in [-0.15, -0.1) is 0 Å². The van der Waals surface area contributed by atoms with Crippen molar-refractivity contribution in [3.8, 4) is 17.2 Å². The van der Waals surface area contributed by atoms with Gasteiger partial charge >= 0.3 is 5.97 Å². The van der Waals surface area contributed by atoms with Gasteiger partial charge in [0, 0.05) is 12.1 Å². The fraction of sp³-hybridized carbons (Fsp3) is 0.500. The van der Waals surface area contributed by atoms with Crippen molar-refractivity contribution >= 4 is 5.97 Å². The van der Waals surface area contributed by atoms with E-state index >= 15 is 0 Å². The molecule has 0 saturated carbocycles. The second kappa shape index (κ2) is 6.31. The van der Waals surface area contributed by atoms with Crippen LogP contribution in [0.1, 0.15) is 25.3 Å². The van der Waals surface area contributed by atoms with Gasteiger partial charge < -0.3 is 19.3 Å². The van der Waals surface area contributed by atoms with Crippen LogP contribution in [0, 0.1) is 5.92 Å². The third-order valence-corrected chi connectivity index (χ3v) is 3.00. The highest BCUT2D eigenvalue weighted by Gasteiger charge is 2.30. The molecule has 0 fully saturated rings. The van der Waals surface area contributed by atoms with Crippen molar-refractivity contribution in [2.24, 2.45) is 5.92 Å². The van der Waals surface area contributed by atoms with Crippen LogP contribution in [-0.2, 0) is 4.79 Å². The lowest BCUT2D eigenvalue weighted by molar-refractivity contribution is -0.140. The Hall–Kier alpha value is -1.91. The first-order valence-corrected chi connectivity index (χ1v) is 5.98. The van der Waals surface area contributed by atoms with Gasteiger partial charge in [-0.2, -0.15) is 0 Å². The Morgan fingerprint density at radius 2 is 1.53 bits per heavy atom. The van der Waals surface area contributed by atoms with Crippen molar-refractivity contribution in [3.63, 3.8) is 0 Å². The lowest BCUT2D eigenvalue weighted by atomic mass is 9.87. The summed E-state index contributed by atoms with van der Waals surface area (Å²) in [6.45, 7) is 3.70. The highest BCUT2D eigenvalue weighted by Crippen LogP contribution is 2.42. The number of hydrogen-bond acceptors (Lipinski definition) is 4. The first kappa shape index (κ1) is 15.1. The third-order valence-electron chi connectivity index (χ3n) is 3.00. The molecule has 0 amide bonds. The molecule has 19 heavy (non-hydrogen) atoms. The van der Waals surface area contributed by atoms with Gasteiger partial charge in [-0.05, 0) is 5.92 Å². The van der Waals surface area contributed by atoms with Crippen molar-refractivity contribution in [3.05, 3.63) is 17.7 Å². The zero-order valence-electron chi connectivity index (χ0n) is 11.9. The van der Waals surface area contributed by atoms with Gasteiger partial charge in [0.25, 0.3) is 0 Å². The van der Waals surface area contributed by atoms with Crippen LogP contribution >= 0.6 is 0 Å². The van der Waals surface area contributed by atoms with Crippen molar-refractivity contribution in [1.29, 1.82) is 0 Å². The van der Waals surface area contributed by atoms with Crippen LogP contribution < -0.4 is 14.2 Å². The van der Waals surface area contributed by atoms with E-state index in [-0.39, 0.29) is 5.92 Å². The van der Waals surface area contributed by atoms with Crippen LogP contribution in [0.5, 0.6) is 17.2 Å². The summed E-state index contributed by atoms with van der Waals surface area (Å²) in [6, 6.07) is 3.33. The topological polar surface area (TPSA) is 65.0 Å². The number of ether oxygens (including phenoxy) is 3. The molecule has 0 spiro atoms. The molecule has 1 aromatic carbocycles. The smallest absolute Gasteiger partial charge is 0.311 e. The maximum atomic E-state index is 11.5. The Labute approximate surface area is 113 Å². The maximum Gasteiger partial charge on any atom is 0.311 e. The monoisotopic (exact) mass is 268 g/mol. The van der Waals surface area contributed by atoms with E-state index in [0.29, 0.717) is 22.8 Å². The summed E-state index contributed by atoms with van der Waals surface area (Å²) >= 11 is 0. The zero-order chi connectivity index (χ0) is 14.6. The number of carbonyl (C=O) groups is 1. The number of carboxylic acids is 1. The highest BCUT2D eigenvalue weighted by molar-refractivity contribution is 5.79. The molecule has 0 aromatic heterocycles. The van der Waals surface area contributed by atoms with Crippen LogP contribution in [0.2, 0.25) is 0 Å². The van der Waals surface area contributed by atoms with Crippen LogP contribution in [0.3, 0.4) is 0 Å². The molecular weight excluding hydrogens is 248 g/mol. The van der Waals surface area contributed by atoms with Gasteiger partial charge in [-0.1, -0.05) is 13.8 Å². The first-order chi connectivity index (χ1) is 8.96. The predicted molar refractivity (Wildman–Crippen MR) is 71.3 cm³/mol. The van der Waals surface area contributed by atoms with E-state index in [1.165, 1.54) is 21.3 Å². The molecule has 1 aromatic rings. The molecule has 5 heteroatoms. The molecule has 0 aliphatic rings. The lowest BCUT2D eigenvalue weighted by Crippen LogP contribution is -2.19. The van der Waals surface area contributed by atoms with Crippen LogP contribution in [0.4, 0.5) is 0 Å². The Balaban J connectivity index is 3.49. The van der Waals surface area contributed by atoms with Gasteiger partial charge in [0.2, 0.25) is 0 Å². The molecule has 5 nitrogen and oxygen atoms in total. The summed E-state index contributed by atoms with van der Waals surface area (Å²) in [5.74, 6) is -0.221. The van der Waals surface area contributed by atoms with E-state index < -0.39 is 11.9 Å². The summed E-state index contributed by atoms with van der Waals surface area (Å²) in [6.07, 6.45) is 0.